The van der Waals surface area contributed by atoms with Gasteiger partial charge in [-0.1, -0.05) is 155 Å². The molecule has 8 atom stereocenters. The first-order valence-corrected chi connectivity index (χ1v) is 27.0. The van der Waals surface area contributed by atoms with E-state index in [9.17, 15) is 48.8 Å². The number of unbranched alkanes of at least 4 members (excludes halogenated alkanes) is 23. The lowest BCUT2D eigenvalue weighted by molar-refractivity contribution is -0.216. The zero-order valence-corrected chi connectivity index (χ0v) is 40.1. The Hall–Kier alpha value is -1.33. The van der Waals surface area contributed by atoms with E-state index in [0.29, 0.717) is 31.5 Å². The Balaban J connectivity index is 2.56. The molecule has 0 bridgehead atoms. The quantitative estimate of drug-likeness (QED) is 0.0173. The van der Waals surface area contributed by atoms with Gasteiger partial charge in [0.2, 0.25) is 0 Å². The van der Waals surface area contributed by atoms with Crippen LogP contribution in [0.2, 0.25) is 0 Å². The van der Waals surface area contributed by atoms with Gasteiger partial charge in [-0.25, -0.2) is 9.13 Å². The summed E-state index contributed by atoms with van der Waals surface area (Å²) in [6.07, 6.45) is 14.7. The highest BCUT2D eigenvalue weighted by Crippen LogP contribution is 2.49. The van der Waals surface area contributed by atoms with Crippen LogP contribution in [0.4, 0.5) is 0 Å². The fraction of sp³-hybridized carbons (Fsp3) is 0.932. The molecule has 1 aliphatic carbocycles. The molecule has 0 saturated heterocycles. The molecule has 0 aromatic rings. The van der Waals surface area contributed by atoms with Gasteiger partial charge < -0.3 is 44.6 Å². The Morgan fingerprint density at radius 1 is 0.460 bits per heavy atom. The highest BCUT2D eigenvalue weighted by atomic mass is 31.2. The predicted octanol–water partition coefficient (Wildman–Crippen LogP) is 8.19. The number of ether oxygens (including phenoxy) is 2. The summed E-state index contributed by atoms with van der Waals surface area (Å²) in [4.78, 5) is 65.8. The van der Waals surface area contributed by atoms with E-state index in [2.05, 4.69) is 11.4 Å². The molecule has 1 fully saturated rings. The van der Waals surface area contributed by atoms with E-state index in [0.717, 1.165) is 77.0 Å². The van der Waals surface area contributed by atoms with E-state index in [-0.39, 0.29) is 12.8 Å². The normalized spacial score (nSPS) is 21.8. The van der Waals surface area contributed by atoms with Crippen LogP contribution in [-0.2, 0) is 46.6 Å². The Kier molecular flexibility index (Phi) is 33.9. The zero-order valence-electron chi connectivity index (χ0n) is 38.3. The van der Waals surface area contributed by atoms with Gasteiger partial charge in [0, 0.05) is 25.7 Å². The van der Waals surface area contributed by atoms with Crippen molar-refractivity contribution in [3.63, 3.8) is 0 Å². The maximum Gasteiger partial charge on any atom is 0.472 e. The lowest BCUT2D eigenvalue weighted by Crippen LogP contribution is -2.64. The van der Waals surface area contributed by atoms with Crippen molar-refractivity contribution in [2.45, 2.75) is 249 Å². The van der Waals surface area contributed by atoms with Gasteiger partial charge in [-0.2, -0.15) is 0 Å². The lowest BCUT2D eigenvalue weighted by atomic mass is 9.85. The molecule has 4 unspecified atom stereocenters. The predicted molar refractivity (Wildman–Crippen MR) is 237 cm³/mol. The number of aliphatic hydroxyl groups is 4. The monoisotopic (exact) mass is 947 g/mol. The van der Waals surface area contributed by atoms with Crippen molar-refractivity contribution in [3.8, 4) is 0 Å². The van der Waals surface area contributed by atoms with E-state index in [1.807, 2.05) is 6.92 Å². The Bertz CT molecular complexity index is 1300. The van der Waals surface area contributed by atoms with Crippen LogP contribution < -0.4 is 0 Å². The van der Waals surface area contributed by atoms with Gasteiger partial charge >= 0.3 is 27.6 Å². The van der Waals surface area contributed by atoms with Crippen LogP contribution in [0.1, 0.15) is 206 Å². The molecule has 0 aromatic carbocycles. The summed E-state index contributed by atoms with van der Waals surface area (Å²) < 4.78 is 49.3. The summed E-state index contributed by atoms with van der Waals surface area (Å²) in [6.45, 7) is 2.89. The Morgan fingerprint density at radius 3 is 1.29 bits per heavy atom. The minimum absolute atomic E-state index is 0.0412. The van der Waals surface area contributed by atoms with Crippen molar-refractivity contribution in [1.29, 1.82) is 0 Å². The number of rotatable bonds is 41. The Morgan fingerprint density at radius 2 is 0.857 bits per heavy atom. The second-order valence-electron chi connectivity index (χ2n) is 17.2. The van der Waals surface area contributed by atoms with E-state index >= 15 is 0 Å². The van der Waals surface area contributed by atoms with Crippen LogP contribution in [0, 0.1) is 0 Å². The number of hydrogen-bond donors (Lipinski definition) is 7. The maximum absolute atomic E-state index is 13.0. The molecule has 0 amide bonds. The third-order valence-corrected chi connectivity index (χ3v) is 12.8. The summed E-state index contributed by atoms with van der Waals surface area (Å²) in [5.41, 5.74) is 0. The molecule has 7 N–H and O–H groups in total. The van der Waals surface area contributed by atoms with Gasteiger partial charge in [-0.15, -0.1) is 0 Å². The molecular weight excluding hydrogens is 862 g/mol. The largest absolute Gasteiger partial charge is 0.472 e. The highest BCUT2D eigenvalue weighted by Gasteiger charge is 2.54. The van der Waals surface area contributed by atoms with Crippen LogP contribution >= 0.6 is 15.6 Å². The molecule has 372 valence electrons. The molecule has 1 aliphatic rings. The van der Waals surface area contributed by atoms with Crippen molar-refractivity contribution in [3.05, 3.63) is 0 Å². The van der Waals surface area contributed by atoms with Crippen molar-refractivity contribution < 1.29 is 81.7 Å². The molecule has 0 aromatic heterocycles. The van der Waals surface area contributed by atoms with Crippen LogP contribution in [0.5, 0.6) is 0 Å². The molecular formula is C44H84O17P2. The number of hydrogen-bond acceptors (Lipinski definition) is 14. The fourth-order valence-electron chi connectivity index (χ4n) is 7.62. The molecule has 0 spiro atoms. The number of aliphatic hydroxyl groups excluding tert-OH is 4. The minimum atomic E-state index is -5.36. The van der Waals surface area contributed by atoms with Crippen LogP contribution in [0.25, 0.3) is 0 Å². The van der Waals surface area contributed by atoms with Crippen molar-refractivity contribution in [2.24, 2.45) is 0 Å². The lowest BCUT2D eigenvalue weighted by Gasteiger charge is -2.43. The van der Waals surface area contributed by atoms with Crippen molar-refractivity contribution in [2.75, 3.05) is 13.2 Å². The van der Waals surface area contributed by atoms with E-state index in [1.165, 1.54) is 77.0 Å². The molecule has 0 heterocycles. The molecule has 1 rings (SSSR count). The summed E-state index contributed by atoms with van der Waals surface area (Å²) in [5.74, 6) is -0.850. The van der Waals surface area contributed by atoms with Gasteiger partial charge in [0.15, 0.2) is 6.10 Å². The van der Waals surface area contributed by atoms with E-state index in [4.69, 9.17) is 28.3 Å². The van der Waals surface area contributed by atoms with Crippen LogP contribution in [0.15, 0.2) is 0 Å². The number of phosphoric acid groups is 2. The molecule has 0 aliphatic heterocycles. The third-order valence-electron chi connectivity index (χ3n) is 11.3. The van der Waals surface area contributed by atoms with Gasteiger partial charge in [-0.05, 0) is 25.7 Å². The van der Waals surface area contributed by atoms with Crippen LogP contribution in [-0.4, -0.2) is 109 Å². The highest BCUT2D eigenvalue weighted by molar-refractivity contribution is 7.47. The standard InChI is InChI=1S/C44H84O17P2/c1-3-5-6-7-8-9-10-11-16-19-22-25-28-32-38(47)59-36(34-58-63(55,56)61-44-41(50)39(48)40(49)43(42(44)51)60-62(52,53)54)33-57-37(46)31-27-24-21-18-15-13-12-14-17-20-23-26-30-35(45)29-4-2/h36,39-44,48-51H,3-34H2,1-2H3,(H,55,56)(H2,52,53,54)/t36-,39-,40?,41-,42?,43+,44?/m1/s1. The average Bonchev–Trinajstić information content (AvgIpc) is 3.23. The topological polar surface area (TPSA) is 273 Å². The first-order chi connectivity index (χ1) is 30.0. The van der Waals surface area contributed by atoms with Gasteiger partial charge in [-0.3, -0.25) is 28.0 Å². The van der Waals surface area contributed by atoms with Crippen molar-refractivity contribution >= 4 is 33.4 Å². The first-order valence-electron chi connectivity index (χ1n) is 24.0. The number of esters is 2. The van der Waals surface area contributed by atoms with Gasteiger partial charge in [0.1, 0.15) is 49.0 Å². The molecule has 19 heteroatoms. The molecule has 1 saturated carbocycles. The first kappa shape index (κ1) is 59.7. The molecule has 63 heavy (non-hydrogen) atoms. The number of carbonyl (C=O) groups is 3. The summed E-state index contributed by atoms with van der Waals surface area (Å²) >= 11 is 0. The smallest absolute Gasteiger partial charge is 0.462 e. The second kappa shape index (κ2) is 35.8. The molecule has 0 radical (unpaired) electrons. The van der Waals surface area contributed by atoms with E-state index < -0.39 is 83.5 Å². The number of Topliss-reactive ketones (excluding diaryl/α,β-unsaturated/α-hetero) is 1. The second-order valence-corrected chi connectivity index (χ2v) is 19.8. The number of carbonyl (C=O) groups excluding carboxylic acids is 3. The summed E-state index contributed by atoms with van der Waals surface area (Å²) in [6, 6.07) is 0. The average molecular weight is 947 g/mol. The maximum atomic E-state index is 13.0. The minimum Gasteiger partial charge on any atom is -0.462 e. The third kappa shape index (κ3) is 30.6. The SMILES string of the molecule is CCCCCCCCCCCCCCCC(=O)O[C@H](COC(=O)CCCCCCCCCCCCCCC(=O)CCC)COP(=O)(O)OC1C(O)[C@@H](OP(=O)(O)O)C(O)[C@@H](O)[C@H]1O. The fourth-order valence-corrected chi connectivity index (χ4v) is 9.16. The molecule has 17 nitrogen and oxygen atoms in total. The number of phosphoric ester groups is 2. The summed E-state index contributed by atoms with van der Waals surface area (Å²) in [7, 11) is -10.7. The van der Waals surface area contributed by atoms with Crippen molar-refractivity contribution in [1.82, 2.24) is 0 Å². The van der Waals surface area contributed by atoms with Gasteiger partial charge in [0.25, 0.3) is 0 Å². The van der Waals surface area contributed by atoms with Crippen LogP contribution in [0.3, 0.4) is 0 Å². The summed E-state index contributed by atoms with van der Waals surface area (Å²) in [5, 5.41) is 41.2. The van der Waals surface area contributed by atoms with Gasteiger partial charge in [0.05, 0.1) is 6.61 Å². The number of ketones is 1. The van der Waals surface area contributed by atoms with E-state index in [1.54, 1.807) is 0 Å². The Labute approximate surface area is 376 Å². The zero-order chi connectivity index (χ0) is 46.9.